The van der Waals surface area contributed by atoms with Crippen LogP contribution in [0.1, 0.15) is 0 Å². The zero-order valence-corrected chi connectivity index (χ0v) is 27.3. The van der Waals surface area contributed by atoms with Crippen LogP contribution in [0.5, 0.6) is 0 Å². The first kappa shape index (κ1) is 27.9. The van der Waals surface area contributed by atoms with Gasteiger partial charge in [0.15, 0.2) is 0 Å². The van der Waals surface area contributed by atoms with E-state index in [1.54, 1.807) is 0 Å². The van der Waals surface area contributed by atoms with Crippen molar-refractivity contribution in [2.24, 2.45) is 0 Å². The molecule has 8 aromatic carbocycles. The molecule has 2 aromatic heterocycles. The molecular formula is C46H29NOS. The topological polar surface area (TPSA) is 16.4 Å². The van der Waals surface area contributed by atoms with Crippen molar-refractivity contribution in [1.29, 1.82) is 0 Å². The van der Waals surface area contributed by atoms with E-state index in [0.29, 0.717) is 0 Å². The van der Waals surface area contributed by atoms with Crippen LogP contribution in [0.3, 0.4) is 0 Å². The Morgan fingerprint density at radius 3 is 1.98 bits per heavy atom. The number of thiophene rings is 1. The van der Waals surface area contributed by atoms with Gasteiger partial charge in [0.2, 0.25) is 0 Å². The smallest absolute Gasteiger partial charge is 0.137 e. The molecule has 0 N–H and O–H groups in total. The molecule has 0 aliphatic heterocycles. The van der Waals surface area contributed by atoms with Gasteiger partial charge in [0.25, 0.3) is 0 Å². The van der Waals surface area contributed by atoms with Crippen LogP contribution in [0.15, 0.2) is 180 Å². The summed E-state index contributed by atoms with van der Waals surface area (Å²) >= 11 is 1.87. The van der Waals surface area contributed by atoms with E-state index in [-0.39, 0.29) is 0 Å². The van der Waals surface area contributed by atoms with Crippen LogP contribution in [-0.2, 0) is 0 Å². The Bertz CT molecular complexity index is 2840. The monoisotopic (exact) mass is 643 g/mol. The van der Waals surface area contributed by atoms with Crippen LogP contribution >= 0.6 is 11.3 Å². The van der Waals surface area contributed by atoms with Crippen LogP contribution in [0, 0.1) is 0 Å². The Kier molecular flexibility index (Phi) is 6.39. The Hall–Kier alpha value is -6.16. The van der Waals surface area contributed by atoms with Crippen LogP contribution < -0.4 is 4.90 Å². The summed E-state index contributed by atoms with van der Waals surface area (Å²) in [5, 5.41) is 7.27. The summed E-state index contributed by atoms with van der Waals surface area (Å²) in [6.45, 7) is 0. The summed E-state index contributed by atoms with van der Waals surface area (Å²) in [6.07, 6.45) is 0. The number of fused-ring (bicyclic) bond motifs is 7. The highest BCUT2D eigenvalue weighted by Gasteiger charge is 2.20. The van der Waals surface area contributed by atoms with Crippen molar-refractivity contribution in [2.75, 3.05) is 4.90 Å². The highest BCUT2D eigenvalue weighted by molar-refractivity contribution is 7.26. The molecule has 0 aliphatic carbocycles. The molecule has 0 spiro atoms. The Morgan fingerprint density at radius 2 is 1.06 bits per heavy atom. The van der Waals surface area contributed by atoms with Gasteiger partial charge in [-0.1, -0.05) is 121 Å². The van der Waals surface area contributed by atoms with Gasteiger partial charge in [-0.3, -0.25) is 0 Å². The first-order valence-corrected chi connectivity index (χ1v) is 17.4. The molecule has 0 fully saturated rings. The minimum Gasteiger partial charge on any atom is -0.456 e. The Morgan fingerprint density at radius 1 is 0.388 bits per heavy atom. The maximum atomic E-state index is 6.41. The van der Waals surface area contributed by atoms with Crippen molar-refractivity contribution in [1.82, 2.24) is 0 Å². The molecule has 2 nitrogen and oxygen atoms in total. The van der Waals surface area contributed by atoms with Crippen molar-refractivity contribution < 1.29 is 4.42 Å². The molecule has 0 unspecified atom stereocenters. The standard InChI is InChI=1S/C46H29NOS/c1-2-12-31(13-3-1)36-25-23-34(28-42(36)41-18-10-17-40-39-16-7-9-20-45(39)49-46(40)41)47(33-22-21-30-11-4-5-14-32(30)27-33)35-24-26-38-37-15-6-8-19-43(37)48-44(38)29-35/h1-29H. The maximum absolute atomic E-state index is 6.41. The lowest BCUT2D eigenvalue weighted by Crippen LogP contribution is -2.10. The Labute approximate surface area is 287 Å². The molecule has 0 aliphatic rings. The third-order valence-electron chi connectivity index (χ3n) is 9.65. The average molecular weight is 644 g/mol. The first-order valence-electron chi connectivity index (χ1n) is 16.6. The van der Waals surface area contributed by atoms with Gasteiger partial charge in [-0.05, 0) is 76.0 Å². The van der Waals surface area contributed by atoms with Crippen LogP contribution in [0.2, 0.25) is 0 Å². The lowest BCUT2D eigenvalue weighted by molar-refractivity contribution is 0.669. The maximum Gasteiger partial charge on any atom is 0.137 e. The fraction of sp³-hybridized carbons (Fsp3) is 0. The SMILES string of the molecule is c1ccc(-c2ccc(N(c3ccc4ccccc4c3)c3ccc4c(c3)oc3ccccc34)cc2-c2cccc3c2sc2ccccc23)cc1. The van der Waals surface area contributed by atoms with Crippen molar-refractivity contribution in [2.45, 2.75) is 0 Å². The van der Waals surface area contributed by atoms with E-state index >= 15 is 0 Å². The largest absolute Gasteiger partial charge is 0.456 e. The quantitative estimate of drug-likeness (QED) is 0.186. The van der Waals surface area contributed by atoms with Crippen molar-refractivity contribution in [3.05, 3.63) is 176 Å². The number of furan rings is 1. The van der Waals surface area contributed by atoms with Gasteiger partial charge < -0.3 is 9.32 Å². The summed E-state index contributed by atoms with van der Waals surface area (Å²) in [4.78, 5) is 2.36. The number of hydrogen-bond donors (Lipinski definition) is 0. The number of rotatable bonds is 5. The molecule has 0 bridgehead atoms. The molecule has 2 heterocycles. The van der Waals surface area contributed by atoms with Crippen molar-refractivity contribution in [3.63, 3.8) is 0 Å². The molecule has 10 aromatic rings. The Balaban J connectivity index is 1.24. The summed E-state index contributed by atoms with van der Waals surface area (Å²) in [6, 6.07) is 63.3. The summed E-state index contributed by atoms with van der Waals surface area (Å²) in [7, 11) is 0. The summed E-state index contributed by atoms with van der Waals surface area (Å²) in [5.41, 5.74) is 9.84. The van der Waals surface area contributed by atoms with E-state index in [1.807, 2.05) is 23.5 Å². The number of hydrogen-bond acceptors (Lipinski definition) is 3. The normalized spacial score (nSPS) is 11.7. The zero-order chi connectivity index (χ0) is 32.3. The number of benzene rings is 8. The second-order valence-electron chi connectivity index (χ2n) is 12.5. The average Bonchev–Trinajstić information content (AvgIpc) is 3.73. The van der Waals surface area contributed by atoms with E-state index in [9.17, 15) is 0 Å². The van der Waals surface area contributed by atoms with Crippen molar-refractivity contribution >= 4 is 81.3 Å². The van der Waals surface area contributed by atoms with E-state index in [2.05, 4.69) is 169 Å². The fourth-order valence-corrected chi connectivity index (χ4v) is 8.57. The molecule has 3 heteroatoms. The number of anilines is 3. The van der Waals surface area contributed by atoms with Crippen LogP contribution in [-0.4, -0.2) is 0 Å². The van der Waals surface area contributed by atoms with E-state index in [1.165, 1.54) is 53.2 Å². The molecule has 0 saturated carbocycles. The summed E-state index contributed by atoms with van der Waals surface area (Å²) < 4.78 is 9.02. The van der Waals surface area contributed by atoms with Gasteiger partial charge in [-0.15, -0.1) is 11.3 Å². The molecule has 0 radical (unpaired) electrons. The zero-order valence-electron chi connectivity index (χ0n) is 26.5. The fourth-order valence-electron chi connectivity index (χ4n) is 7.34. The van der Waals surface area contributed by atoms with Gasteiger partial charge in [-0.2, -0.15) is 0 Å². The molecule has 0 atom stereocenters. The van der Waals surface area contributed by atoms with Gasteiger partial charge in [0.05, 0.1) is 0 Å². The van der Waals surface area contributed by atoms with Crippen LogP contribution in [0.25, 0.3) is 75.1 Å². The third kappa shape index (κ3) is 4.62. The highest BCUT2D eigenvalue weighted by atomic mass is 32.1. The third-order valence-corrected chi connectivity index (χ3v) is 10.9. The van der Waals surface area contributed by atoms with E-state index in [4.69, 9.17) is 4.42 Å². The lowest BCUT2D eigenvalue weighted by atomic mass is 9.92. The van der Waals surface area contributed by atoms with Gasteiger partial charge in [0.1, 0.15) is 11.2 Å². The summed E-state index contributed by atoms with van der Waals surface area (Å²) in [5.74, 6) is 0. The number of nitrogens with zero attached hydrogens (tertiary/aromatic N) is 1. The minimum absolute atomic E-state index is 0.876. The van der Waals surface area contributed by atoms with Gasteiger partial charge >= 0.3 is 0 Å². The molecule has 49 heavy (non-hydrogen) atoms. The second-order valence-corrected chi connectivity index (χ2v) is 13.6. The molecular weight excluding hydrogens is 615 g/mol. The highest BCUT2D eigenvalue weighted by Crippen LogP contribution is 2.46. The second kappa shape index (κ2) is 11.2. The molecule has 0 amide bonds. The minimum atomic E-state index is 0.876. The van der Waals surface area contributed by atoms with E-state index in [0.717, 1.165) is 39.0 Å². The van der Waals surface area contributed by atoms with E-state index < -0.39 is 0 Å². The molecule has 230 valence electrons. The predicted octanol–water partition coefficient (Wildman–Crippen LogP) is 13.9. The molecule has 10 rings (SSSR count). The number of para-hydroxylation sites is 1. The lowest BCUT2D eigenvalue weighted by Gasteiger charge is -2.27. The van der Waals surface area contributed by atoms with Crippen molar-refractivity contribution in [3.8, 4) is 22.3 Å². The van der Waals surface area contributed by atoms with Crippen LogP contribution in [0.4, 0.5) is 17.1 Å². The predicted molar refractivity (Wildman–Crippen MR) is 210 cm³/mol. The first-order chi connectivity index (χ1) is 24.3. The van der Waals surface area contributed by atoms with Gasteiger partial charge in [-0.25, -0.2) is 0 Å². The molecule has 0 saturated heterocycles. The van der Waals surface area contributed by atoms with Gasteiger partial charge in [0, 0.05) is 59.6 Å².